The summed E-state index contributed by atoms with van der Waals surface area (Å²) >= 11 is 13.6. The lowest BCUT2D eigenvalue weighted by Crippen LogP contribution is -2.19. The van der Waals surface area contributed by atoms with Gasteiger partial charge in [-0.1, -0.05) is 58.7 Å². The number of amides is 1. The number of para-hydroxylation sites is 1. The molecule has 0 spiro atoms. The lowest BCUT2D eigenvalue weighted by molar-refractivity contribution is 0.0994. The minimum Gasteiger partial charge on any atom is -0.422 e. The number of aromatic nitrogens is 1. The van der Waals surface area contributed by atoms with E-state index in [0.717, 1.165) is 4.70 Å². The van der Waals surface area contributed by atoms with Crippen LogP contribution >= 0.6 is 34.5 Å². The molecule has 8 heteroatoms. The first kappa shape index (κ1) is 18.5. The highest BCUT2D eigenvalue weighted by Crippen LogP contribution is 2.29. The number of carbonyl (C=O) groups excluding carboxylic acids is 1. The molecule has 2 aromatic heterocycles. The molecule has 2 heterocycles. The van der Waals surface area contributed by atoms with Crippen LogP contribution in [0.4, 0.5) is 0 Å². The van der Waals surface area contributed by atoms with E-state index < -0.39 is 11.5 Å². The Hall–Kier alpha value is -2.85. The number of nitrogens with zero attached hydrogens (tertiary/aromatic N) is 2. The number of hydrogen-bond donors (Lipinski definition) is 0. The maximum atomic E-state index is 12.7. The first-order valence-electron chi connectivity index (χ1n) is 8.01. The summed E-state index contributed by atoms with van der Waals surface area (Å²) in [5, 5.41) is 1.48. The molecule has 0 bridgehead atoms. The van der Waals surface area contributed by atoms with Crippen molar-refractivity contribution in [1.82, 2.24) is 4.57 Å². The topological polar surface area (TPSA) is 64.6 Å². The molecule has 0 unspecified atom stereocenters. The van der Waals surface area contributed by atoms with Crippen molar-refractivity contribution >= 4 is 61.6 Å². The van der Waals surface area contributed by atoms with Gasteiger partial charge < -0.3 is 8.98 Å². The second kappa shape index (κ2) is 7.28. The van der Waals surface area contributed by atoms with E-state index in [1.54, 1.807) is 41.0 Å². The minimum atomic E-state index is -0.752. The molecule has 4 rings (SSSR count). The average molecular weight is 429 g/mol. The second-order valence-electron chi connectivity index (χ2n) is 5.81. The van der Waals surface area contributed by atoms with Gasteiger partial charge in [0.15, 0.2) is 4.80 Å². The van der Waals surface area contributed by atoms with E-state index in [4.69, 9.17) is 34.0 Å². The summed E-state index contributed by atoms with van der Waals surface area (Å²) in [6.07, 6.45) is 5.46. The zero-order valence-corrected chi connectivity index (χ0v) is 16.4. The Bertz CT molecular complexity index is 1420. The first-order valence-corrected chi connectivity index (χ1v) is 9.59. The van der Waals surface area contributed by atoms with Crippen LogP contribution < -0.4 is 10.4 Å². The Morgan fingerprint density at radius 1 is 1.25 bits per heavy atom. The third kappa shape index (κ3) is 3.25. The van der Waals surface area contributed by atoms with Crippen LogP contribution in [0.2, 0.25) is 10.0 Å². The SMILES string of the molecule is C#CCn1c(=NC(=O)c2cc3ccccc3oc2=O)sc2cc(Cl)cc(Cl)c21. The van der Waals surface area contributed by atoms with Gasteiger partial charge >= 0.3 is 5.63 Å². The molecule has 138 valence electrons. The number of thiazole rings is 1. The number of hydrogen-bond acceptors (Lipinski definition) is 4. The van der Waals surface area contributed by atoms with Gasteiger partial charge in [-0.25, -0.2) is 4.79 Å². The van der Waals surface area contributed by atoms with Gasteiger partial charge in [0.1, 0.15) is 11.1 Å². The molecule has 4 aromatic rings. The van der Waals surface area contributed by atoms with Crippen LogP contribution in [0.3, 0.4) is 0 Å². The van der Waals surface area contributed by atoms with Crippen molar-refractivity contribution in [3.05, 3.63) is 73.3 Å². The zero-order chi connectivity index (χ0) is 19.8. The van der Waals surface area contributed by atoms with E-state index in [2.05, 4.69) is 10.9 Å². The number of rotatable bonds is 2. The fourth-order valence-corrected chi connectivity index (χ4v) is 4.62. The van der Waals surface area contributed by atoms with Gasteiger partial charge in [0, 0.05) is 10.4 Å². The highest BCUT2D eigenvalue weighted by Gasteiger charge is 2.16. The van der Waals surface area contributed by atoms with Gasteiger partial charge in [-0.05, 0) is 24.3 Å². The molecule has 0 aliphatic rings. The Kier molecular flexibility index (Phi) is 4.82. The molecule has 28 heavy (non-hydrogen) atoms. The number of fused-ring (bicyclic) bond motifs is 2. The van der Waals surface area contributed by atoms with E-state index in [0.29, 0.717) is 31.3 Å². The van der Waals surface area contributed by atoms with Crippen LogP contribution in [0.25, 0.3) is 21.2 Å². The molecule has 0 atom stereocenters. The smallest absolute Gasteiger partial charge is 0.349 e. The summed E-state index contributed by atoms with van der Waals surface area (Å²) in [6.45, 7) is 0.153. The molecule has 2 aromatic carbocycles. The van der Waals surface area contributed by atoms with Crippen molar-refractivity contribution < 1.29 is 9.21 Å². The first-order chi connectivity index (χ1) is 13.5. The highest BCUT2D eigenvalue weighted by atomic mass is 35.5. The van der Waals surface area contributed by atoms with Crippen LogP contribution in [-0.4, -0.2) is 10.5 Å². The standard InChI is InChI=1S/C20H10Cl2N2O3S/c1-2-7-24-17-14(22)9-12(21)10-16(17)28-20(24)23-18(25)13-8-11-5-3-4-6-15(11)27-19(13)26/h1,3-6,8-10H,7H2. The third-order valence-corrected chi connectivity index (χ3v) is 5.55. The summed E-state index contributed by atoms with van der Waals surface area (Å²) in [5.41, 5.74) is 0.117. The van der Waals surface area contributed by atoms with Crippen molar-refractivity contribution in [2.75, 3.05) is 0 Å². The van der Waals surface area contributed by atoms with Gasteiger partial charge in [0.25, 0.3) is 5.91 Å². The Morgan fingerprint density at radius 2 is 2.04 bits per heavy atom. The zero-order valence-electron chi connectivity index (χ0n) is 14.1. The summed E-state index contributed by atoms with van der Waals surface area (Å²) < 4.78 is 7.58. The van der Waals surface area contributed by atoms with Gasteiger partial charge in [-0.2, -0.15) is 4.99 Å². The number of terminal acetylenes is 1. The maximum Gasteiger partial charge on any atom is 0.349 e. The largest absolute Gasteiger partial charge is 0.422 e. The van der Waals surface area contributed by atoms with Crippen LogP contribution in [-0.2, 0) is 6.54 Å². The van der Waals surface area contributed by atoms with E-state index in [1.165, 1.54) is 17.4 Å². The summed E-state index contributed by atoms with van der Waals surface area (Å²) in [6, 6.07) is 11.7. The Morgan fingerprint density at radius 3 is 2.82 bits per heavy atom. The van der Waals surface area contributed by atoms with E-state index in [-0.39, 0.29) is 12.1 Å². The number of halogens is 2. The third-order valence-electron chi connectivity index (χ3n) is 4.01. The minimum absolute atomic E-state index is 0.153. The quantitative estimate of drug-likeness (QED) is 0.349. The van der Waals surface area contributed by atoms with Crippen LogP contribution in [0.15, 0.2) is 56.7 Å². The molecule has 0 saturated carbocycles. The van der Waals surface area contributed by atoms with Gasteiger partial charge in [-0.15, -0.1) is 6.42 Å². The van der Waals surface area contributed by atoms with Gasteiger partial charge in [0.05, 0.1) is 21.8 Å². The molecule has 0 N–H and O–H groups in total. The van der Waals surface area contributed by atoms with E-state index >= 15 is 0 Å². The van der Waals surface area contributed by atoms with E-state index in [1.807, 2.05) is 0 Å². The van der Waals surface area contributed by atoms with Crippen molar-refractivity contribution in [2.45, 2.75) is 6.54 Å². The predicted molar refractivity (Wildman–Crippen MR) is 111 cm³/mol. The summed E-state index contributed by atoms with van der Waals surface area (Å²) in [4.78, 5) is 29.4. The summed E-state index contributed by atoms with van der Waals surface area (Å²) in [7, 11) is 0. The van der Waals surface area contributed by atoms with Crippen LogP contribution in [0.1, 0.15) is 10.4 Å². The number of benzene rings is 2. The fraction of sp³-hybridized carbons (Fsp3) is 0.0500. The van der Waals surface area contributed by atoms with Crippen LogP contribution in [0.5, 0.6) is 0 Å². The lowest BCUT2D eigenvalue weighted by Gasteiger charge is -2.02. The molecule has 0 radical (unpaired) electrons. The highest BCUT2D eigenvalue weighted by molar-refractivity contribution is 7.16. The van der Waals surface area contributed by atoms with Crippen molar-refractivity contribution in [3.8, 4) is 12.3 Å². The van der Waals surface area contributed by atoms with Crippen LogP contribution in [0, 0.1) is 12.3 Å². The number of carbonyl (C=O) groups is 1. The maximum absolute atomic E-state index is 12.7. The monoisotopic (exact) mass is 428 g/mol. The molecule has 0 fully saturated rings. The lowest BCUT2D eigenvalue weighted by atomic mass is 10.2. The van der Waals surface area contributed by atoms with Gasteiger partial charge in [-0.3, -0.25) is 4.79 Å². The van der Waals surface area contributed by atoms with E-state index in [9.17, 15) is 9.59 Å². The molecular weight excluding hydrogens is 419 g/mol. The van der Waals surface area contributed by atoms with Gasteiger partial charge in [0.2, 0.25) is 0 Å². The molecule has 1 amide bonds. The van der Waals surface area contributed by atoms with Crippen molar-refractivity contribution in [1.29, 1.82) is 0 Å². The van der Waals surface area contributed by atoms with Crippen molar-refractivity contribution in [3.63, 3.8) is 0 Å². The normalized spacial score (nSPS) is 11.8. The Labute approximate surface area is 172 Å². The fourth-order valence-electron chi connectivity index (χ4n) is 2.81. The molecule has 5 nitrogen and oxygen atoms in total. The predicted octanol–water partition coefficient (Wildman–Crippen LogP) is 4.49. The molecule has 0 aliphatic carbocycles. The average Bonchev–Trinajstić information content (AvgIpc) is 2.98. The van der Waals surface area contributed by atoms with Crippen molar-refractivity contribution in [2.24, 2.45) is 4.99 Å². The molecule has 0 saturated heterocycles. The molecule has 0 aliphatic heterocycles. The Balaban J connectivity index is 1.93. The summed E-state index contributed by atoms with van der Waals surface area (Å²) in [5.74, 6) is 1.80. The molecular formula is C20H10Cl2N2O3S. The second-order valence-corrected chi connectivity index (χ2v) is 7.66.